The Bertz CT molecular complexity index is 783. The third-order valence-electron chi connectivity index (χ3n) is 4.03. The van der Waals surface area contributed by atoms with Crippen molar-refractivity contribution in [3.05, 3.63) is 56.4 Å². The summed E-state index contributed by atoms with van der Waals surface area (Å²) in [5.41, 5.74) is 2.44. The number of amides is 1. The molecule has 5 nitrogen and oxygen atoms in total. The van der Waals surface area contributed by atoms with Gasteiger partial charge in [-0.15, -0.1) is 0 Å². The van der Waals surface area contributed by atoms with Gasteiger partial charge in [0.1, 0.15) is 6.54 Å². The second-order valence-electron chi connectivity index (χ2n) is 6.02. The lowest BCUT2D eigenvalue weighted by Gasteiger charge is -2.20. The molecule has 6 heteroatoms. The second-order valence-corrected chi connectivity index (χ2v) is 6.93. The molecule has 2 aromatic rings. The van der Waals surface area contributed by atoms with Crippen LogP contribution in [-0.2, 0) is 24.2 Å². The number of anilines is 1. The molecule has 0 radical (unpaired) electrons. The number of fused-ring (bicyclic) bond motifs is 1. The van der Waals surface area contributed by atoms with E-state index in [-0.39, 0.29) is 18.0 Å². The minimum atomic E-state index is -0.258. The molecule has 1 N–H and O–H groups in total. The molecule has 23 heavy (non-hydrogen) atoms. The average Bonchev–Trinajstić information content (AvgIpc) is 2.50. The van der Waals surface area contributed by atoms with Gasteiger partial charge in [-0.05, 0) is 55.0 Å². The minimum absolute atomic E-state index is 0.0717. The highest BCUT2D eigenvalue weighted by Gasteiger charge is 2.18. The Hall–Kier alpha value is -1.95. The van der Waals surface area contributed by atoms with Gasteiger partial charge in [0.2, 0.25) is 5.91 Å². The van der Waals surface area contributed by atoms with E-state index in [1.807, 2.05) is 12.1 Å². The molecule has 1 aromatic heterocycles. The predicted octanol–water partition coefficient (Wildman–Crippen LogP) is 2.77. The number of halogens is 1. The van der Waals surface area contributed by atoms with Crippen LogP contribution in [0, 0.1) is 5.92 Å². The van der Waals surface area contributed by atoms with Gasteiger partial charge < -0.3 is 5.32 Å². The number of carbonyl (C=O) groups is 1. The summed E-state index contributed by atoms with van der Waals surface area (Å²) in [6.45, 7) is 2.11. The van der Waals surface area contributed by atoms with Gasteiger partial charge in [-0.1, -0.05) is 22.9 Å². The van der Waals surface area contributed by atoms with E-state index in [4.69, 9.17) is 0 Å². The molecule has 0 fully saturated rings. The standard InChI is InChI=1S/C17H18BrN3O2/c1-11-2-7-15-12(8-11)9-17(23)21(20-15)10-16(22)19-14-5-3-13(18)4-6-14/h3-6,9,11H,2,7-8,10H2,1H3,(H,19,22)/t11-/m0/s1. The zero-order chi connectivity index (χ0) is 16.4. The number of rotatable bonds is 3. The van der Waals surface area contributed by atoms with Gasteiger partial charge in [0.05, 0.1) is 5.69 Å². The van der Waals surface area contributed by atoms with Gasteiger partial charge in [0.15, 0.2) is 0 Å². The van der Waals surface area contributed by atoms with Crippen LogP contribution < -0.4 is 10.9 Å². The van der Waals surface area contributed by atoms with E-state index < -0.39 is 0 Å². The fourth-order valence-corrected chi connectivity index (χ4v) is 3.06. The molecule has 3 rings (SSSR count). The number of nitrogens with one attached hydrogen (secondary N) is 1. The summed E-state index contributed by atoms with van der Waals surface area (Å²) in [5, 5.41) is 7.15. The highest BCUT2D eigenvalue weighted by atomic mass is 79.9. The normalized spacial score (nSPS) is 16.7. The van der Waals surface area contributed by atoms with Gasteiger partial charge in [0, 0.05) is 16.2 Å². The molecule has 0 saturated heterocycles. The lowest BCUT2D eigenvalue weighted by atomic mass is 9.88. The second kappa shape index (κ2) is 6.66. The lowest BCUT2D eigenvalue weighted by molar-refractivity contribution is -0.117. The Balaban J connectivity index is 1.73. The number of hydrogen-bond donors (Lipinski definition) is 1. The smallest absolute Gasteiger partial charge is 0.267 e. The van der Waals surface area contributed by atoms with Crippen molar-refractivity contribution in [2.75, 3.05) is 5.32 Å². The molecule has 1 atom stereocenters. The number of aromatic nitrogens is 2. The van der Waals surface area contributed by atoms with Crippen LogP contribution in [0.25, 0.3) is 0 Å². The summed E-state index contributed by atoms with van der Waals surface area (Å²) in [4.78, 5) is 24.3. The van der Waals surface area contributed by atoms with Gasteiger partial charge in [0.25, 0.3) is 5.56 Å². The quantitative estimate of drug-likeness (QED) is 0.896. The largest absolute Gasteiger partial charge is 0.324 e. The van der Waals surface area contributed by atoms with Crippen molar-refractivity contribution in [3.63, 3.8) is 0 Å². The maximum absolute atomic E-state index is 12.1. The van der Waals surface area contributed by atoms with Crippen LogP contribution in [0.5, 0.6) is 0 Å². The van der Waals surface area contributed by atoms with Crippen LogP contribution in [0.2, 0.25) is 0 Å². The topological polar surface area (TPSA) is 64.0 Å². The lowest BCUT2D eigenvalue weighted by Crippen LogP contribution is -2.32. The molecule has 120 valence electrons. The Morgan fingerprint density at radius 3 is 2.87 bits per heavy atom. The molecular weight excluding hydrogens is 358 g/mol. The van der Waals surface area contributed by atoms with Crippen LogP contribution >= 0.6 is 15.9 Å². The summed E-state index contributed by atoms with van der Waals surface area (Å²) < 4.78 is 2.19. The first-order valence-corrected chi connectivity index (χ1v) is 8.46. The van der Waals surface area contributed by atoms with E-state index in [2.05, 4.69) is 33.3 Å². The fourth-order valence-electron chi connectivity index (χ4n) is 2.80. The van der Waals surface area contributed by atoms with E-state index in [0.717, 1.165) is 35.0 Å². The molecule has 0 unspecified atom stereocenters. The molecular formula is C17H18BrN3O2. The first-order valence-electron chi connectivity index (χ1n) is 7.66. The first kappa shape index (κ1) is 15.9. The van der Waals surface area contributed by atoms with Crippen molar-refractivity contribution in [1.82, 2.24) is 9.78 Å². The number of aryl methyl sites for hydroxylation is 1. The number of hydrogen-bond acceptors (Lipinski definition) is 3. The molecule has 0 bridgehead atoms. The van der Waals surface area contributed by atoms with E-state index >= 15 is 0 Å². The van der Waals surface area contributed by atoms with Gasteiger partial charge in [-0.3, -0.25) is 9.59 Å². The molecule has 1 amide bonds. The Kier molecular flexibility index (Phi) is 4.61. The third kappa shape index (κ3) is 3.88. The van der Waals surface area contributed by atoms with Crippen LogP contribution in [0.3, 0.4) is 0 Å². The Labute approximate surface area is 142 Å². The highest BCUT2D eigenvalue weighted by molar-refractivity contribution is 9.10. The van der Waals surface area contributed by atoms with Crippen molar-refractivity contribution < 1.29 is 4.79 Å². The summed E-state index contributed by atoms with van der Waals surface area (Å²) in [5.74, 6) is 0.325. The molecule has 1 aliphatic carbocycles. The van der Waals surface area contributed by atoms with E-state index in [0.29, 0.717) is 11.6 Å². The zero-order valence-corrected chi connectivity index (χ0v) is 14.5. The van der Waals surface area contributed by atoms with Crippen molar-refractivity contribution in [2.24, 2.45) is 5.92 Å². The molecule has 1 heterocycles. The Morgan fingerprint density at radius 1 is 1.39 bits per heavy atom. The van der Waals surface area contributed by atoms with Crippen molar-refractivity contribution in [2.45, 2.75) is 32.7 Å². The van der Waals surface area contributed by atoms with Gasteiger partial charge in [-0.25, -0.2) is 4.68 Å². The van der Waals surface area contributed by atoms with Crippen LogP contribution in [0.15, 0.2) is 39.6 Å². The van der Waals surface area contributed by atoms with E-state index in [1.165, 1.54) is 4.68 Å². The van der Waals surface area contributed by atoms with Crippen molar-refractivity contribution >= 4 is 27.5 Å². The summed E-state index contributed by atoms with van der Waals surface area (Å²) in [6.07, 6.45) is 2.83. The molecule has 0 saturated carbocycles. The zero-order valence-electron chi connectivity index (χ0n) is 12.9. The maximum atomic E-state index is 12.1. The highest BCUT2D eigenvalue weighted by Crippen LogP contribution is 2.22. The van der Waals surface area contributed by atoms with Crippen molar-refractivity contribution in [3.8, 4) is 0 Å². The molecule has 1 aliphatic rings. The van der Waals surface area contributed by atoms with E-state index in [9.17, 15) is 9.59 Å². The predicted molar refractivity (Wildman–Crippen MR) is 92.5 cm³/mol. The monoisotopic (exact) mass is 375 g/mol. The van der Waals surface area contributed by atoms with E-state index in [1.54, 1.807) is 18.2 Å². The number of carbonyl (C=O) groups excluding carboxylic acids is 1. The number of nitrogens with zero attached hydrogens (tertiary/aromatic N) is 2. The van der Waals surface area contributed by atoms with Gasteiger partial charge >= 0.3 is 0 Å². The summed E-state index contributed by atoms with van der Waals surface area (Å²) >= 11 is 3.35. The van der Waals surface area contributed by atoms with Crippen LogP contribution in [0.1, 0.15) is 24.6 Å². The van der Waals surface area contributed by atoms with Gasteiger partial charge in [-0.2, -0.15) is 5.10 Å². The summed E-state index contributed by atoms with van der Waals surface area (Å²) in [6, 6.07) is 8.92. The SMILES string of the molecule is C[C@H]1CCc2nn(CC(=O)Nc3ccc(Br)cc3)c(=O)cc2C1. The molecule has 0 spiro atoms. The Morgan fingerprint density at radius 2 is 2.13 bits per heavy atom. The third-order valence-corrected chi connectivity index (χ3v) is 4.56. The fraction of sp³-hybridized carbons (Fsp3) is 0.353. The summed E-state index contributed by atoms with van der Waals surface area (Å²) in [7, 11) is 0. The van der Waals surface area contributed by atoms with Crippen molar-refractivity contribution in [1.29, 1.82) is 0 Å². The average molecular weight is 376 g/mol. The van der Waals surface area contributed by atoms with Crippen LogP contribution in [-0.4, -0.2) is 15.7 Å². The maximum Gasteiger partial charge on any atom is 0.267 e. The van der Waals surface area contributed by atoms with Crippen LogP contribution in [0.4, 0.5) is 5.69 Å². The first-order chi connectivity index (χ1) is 11.0. The molecule has 1 aromatic carbocycles. The minimum Gasteiger partial charge on any atom is -0.324 e. The molecule has 0 aliphatic heterocycles. The number of benzene rings is 1.